The van der Waals surface area contributed by atoms with Crippen molar-refractivity contribution in [3.8, 4) is 11.5 Å². The molecule has 0 bridgehead atoms. The molecule has 0 saturated carbocycles. The summed E-state index contributed by atoms with van der Waals surface area (Å²) >= 11 is 12.6. The highest BCUT2D eigenvalue weighted by atomic mass is 35.5. The largest absolute Gasteiger partial charge is 0.493 e. The van der Waals surface area contributed by atoms with Gasteiger partial charge in [0.15, 0.2) is 11.5 Å². The topological polar surface area (TPSA) is 97.0 Å². The number of amides is 3. The zero-order valence-electron chi connectivity index (χ0n) is 19.8. The summed E-state index contributed by atoms with van der Waals surface area (Å²) in [5.41, 5.74) is 5.83. The fourth-order valence-corrected chi connectivity index (χ4v) is 4.95. The van der Waals surface area contributed by atoms with Crippen LogP contribution >= 0.6 is 35.6 Å². The van der Waals surface area contributed by atoms with E-state index in [-0.39, 0.29) is 23.8 Å². The summed E-state index contributed by atoms with van der Waals surface area (Å²) in [7, 11) is 3.12. The molecule has 0 aliphatic carbocycles. The number of methoxy groups -OCH3 is 2. The summed E-state index contributed by atoms with van der Waals surface area (Å²) in [6, 6.07) is 12.0. The van der Waals surface area contributed by atoms with Crippen LogP contribution in [-0.4, -0.2) is 47.7 Å². The van der Waals surface area contributed by atoms with Gasteiger partial charge in [-0.3, -0.25) is 30.1 Å². The average Bonchev–Trinajstić information content (AvgIpc) is 3.14. The number of unbranched alkanes of at least 4 members (excludes halogenated alkanes) is 2. The zero-order valence-corrected chi connectivity index (χ0v) is 22.2. The predicted octanol–water partition coefficient (Wildman–Crippen LogP) is 4.58. The van der Waals surface area contributed by atoms with E-state index in [0.29, 0.717) is 45.1 Å². The fourth-order valence-electron chi connectivity index (χ4n) is 3.42. The molecule has 0 unspecified atom stereocenters. The summed E-state index contributed by atoms with van der Waals surface area (Å²) in [5, 5.41) is 0.304. The molecule has 0 radical (unpaired) electrons. The summed E-state index contributed by atoms with van der Waals surface area (Å²) < 4.78 is 11.1. The molecule has 2 N–H and O–H groups in total. The molecule has 0 aromatic heterocycles. The SMILES string of the molecule is COc1ccc(/C=C2\SC(=S)N(CCCCCC(=O)NNC(=O)c3ccccc3Cl)C2=O)cc1OC. The summed E-state index contributed by atoms with van der Waals surface area (Å²) in [6.07, 6.45) is 4.03. The molecule has 1 aliphatic rings. The van der Waals surface area contributed by atoms with Crippen molar-refractivity contribution in [3.05, 3.63) is 63.5 Å². The van der Waals surface area contributed by atoms with Crippen molar-refractivity contribution in [3.63, 3.8) is 0 Å². The number of rotatable bonds is 10. The second-order valence-electron chi connectivity index (χ2n) is 7.74. The van der Waals surface area contributed by atoms with E-state index in [1.807, 2.05) is 6.07 Å². The van der Waals surface area contributed by atoms with Crippen molar-refractivity contribution < 1.29 is 23.9 Å². The van der Waals surface area contributed by atoms with Gasteiger partial charge in [-0.15, -0.1) is 0 Å². The standard InChI is InChI=1S/C25H26ClN3O5S2/c1-33-19-12-11-16(14-20(19)34-2)15-21-24(32)29(25(35)36-21)13-7-3-4-10-22(30)27-28-23(31)17-8-5-6-9-18(17)26/h5-6,8-9,11-12,14-15H,3-4,7,10,13H2,1-2H3,(H,27,30)(H,28,31)/b21-15-. The highest BCUT2D eigenvalue weighted by molar-refractivity contribution is 8.26. The minimum atomic E-state index is -0.482. The van der Waals surface area contributed by atoms with E-state index in [4.69, 9.17) is 33.3 Å². The van der Waals surface area contributed by atoms with Crippen molar-refractivity contribution >= 4 is 63.7 Å². The maximum absolute atomic E-state index is 12.8. The normalized spacial score (nSPS) is 14.2. The molecule has 11 heteroatoms. The van der Waals surface area contributed by atoms with Crippen molar-refractivity contribution in [2.45, 2.75) is 25.7 Å². The number of hydrazine groups is 1. The van der Waals surface area contributed by atoms with Gasteiger partial charge in [0.2, 0.25) is 5.91 Å². The molecule has 0 atom stereocenters. The van der Waals surface area contributed by atoms with Crippen LogP contribution < -0.4 is 20.3 Å². The number of hydrogen-bond acceptors (Lipinski definition) is 7. The minimum Gasteiger partial charge on any atom is -0.493 e. The monoisotopic (exact) mass is 547 g/mol. The predicted molar refractivity (Wildman–Crippen MR) is 145 cm³/mol. The number of halogens is 1. The molecule has 0 spiro atoms. The zero-order chi connectivity index (χ0) is 26.1. The second-order valence-corrected chi connectivity index (χ2v) is 9.82. The van der Waals surface area contributed by atoms with Crippen LogP contribution in [0.3, 0.4) is 0 Å². The van der Waals surface area contributed by atoms with Gasteiger partial charge in [-0.2, -0.15) is 0 Å². The van der Waals surface area contributed by atoms with E-state index in [2.05, 4.69) is 10.9 Å². The third kappa shape index (κ3) is 7.22. The van der Waals surface area contributed by atoms with Gasteiger partial charge in [0.1, 0.15) is 4.32 Å². The molecule has 3 amide bonds. The van der Waals surface area contributed by atoms with Crippen molar-refractivity contribution in [2.75, 3.05) is 20.8 Å². The van der Waals surface area contributed by atoms with Gasteiger partial charge < -0.3 is 9.47 Å². The maximum Gasteiger partial charge on any atom is 0.271 e. The first kappa shape index (κ1) is 27.5. The Kier molecular flexibility index (Phi) is 10.2. The summed E-state index contributed by atoms with van der Waals surface area (Å²) in [6.45, 7) is 0.471. The molecule has 2 aromatic rings. The highest BCUT2D eigenvalue weighted by Gasteiger charge is 2.31. The molecular weight excluding hydrogens is 522 g/mol. The molecule has 36 heavy (non-hydrogen) atoms. The Morgan fingerprint density at radius 1 is 1.06 bits per heavy atom. The number of benzene rings is 2. The van der Waals surface area contributed by atoms with Gasteiger partial charge in [0.25, 0.3) is 11.8 Å². The van der Waals surface area contributed by atoms with Gasteiger partial charge in [0, 0.05) is 13.0 Å². The van der Waals surface area contributed by atoms with Gasteiger partial charge >= 0.3 is 0 Å². The molecule has 1 saturated heterocycles. The Bertz CT molecular complexity index is 1190. The molecule has 2 aromatic carbocycles. The Morgan fingerprint density at radius 2 is 1.81 bits per heavy atom. The van der Waals surface area contributed by atoms with Crippen LogP contribution in [0, 0.1) is 0 Å². The van der Waals surface area contributed by atoms with Crippen LogP contribution in [0.15, 0.2) is 47.4 Å². The highest BCUT2D eigenvalue weighted by Crippen LogP contribution is 2.34. The lowest BCUT2D eigenvalue weighted by atomic mass is 10.1. The fraction of sp³-hybridized carbons (Fsp3) is 0.280. The molecule has 1 fully saturated rings. The van der Waals surface area contributed by atoms with E-state index in [1.54, 1.807) is 61.6 Å². The van der Waals surface area contributed by atoms with Crippen LogP contribution in [0.1, 0.15) is 41.6 Å². The second kappa shape index (κ2) is 13.3. The average molecular weight is 548 g/mol. The Balaban J connectivity index is 1.41. The summed E-state index contributed by atoms with van der Waals surface area (Å²) in [4.78, 5) is 39.1. The number of nitrogens with one attached hydrogen (secondary N) is 2. The van der Waals surface area contributed by atoms with E-state index >= 15 is 0 Å². The molecule has 3 rings (SSSR count). The van der Waals surface area contributed by atoms with Crippen LogP contribution in [-0.2, 0) is 9.59 Å². The third-order valence-corrected chi connectivity index (χ3v) is 7.01. The molecular formula is C25H26ClN3O5S2. The quantitative estimate of drug-likeness (QED) is 0.194. The first-order chi connectivity index (χ1) is 17.3. The van der Waals surface area contributed by atoms with Gasteiger partial charge in [-0.1, -0.05) is 60.2 Å². The number of thioether (sulfide) groups is 1. The van der Waals surface area contributed by atoms with E-state index in [0.717, 1.165) is 12.0 Å². The van der Waals surface area contributed by atoms with Crippen molar-refractivity contribution in [1.82, 2.24) is 15.8 Å². The maximum atomic E-state index is 12.8. The Morgan fingerprint density at radius 3 is 2.53 bits per heavy atom. The number of thiocarbonyl (C=S) groups is 1. The lowest BCUT2D eigenvalue weighted by molar-refractivity contribution is -0.123. The van der Waals surface area contributed by atoms with Crippen molar-refractivity contribution in [2.24, 2.45) is 0 Å². The molecule has 1 aliphatic heterocycles. The lowest BCUT2D eigenvalue weighted by Crippen LogP contribution is -2.41. The van der Waals surface area contributed by atoms with Crippen LogP contribution in [0.2, 0.25) is 5.02 Å². The number of carbonyl (C=O) groups is 3. The number of ether oxygens (including phenoxy) is 2. The molecule has 1 heterocycles. The lowest BCUT2D eigenvalue weighted by Gasteiger charge is -2.14. The molecule has 190 valence electrons. The smallest absolute Gasteiger partial charge is 0.271 e. The Hall–Kier alpha value is -3.08. The van der Waals surface area contributed by atoms with Crippen LogP contribution in [0.5, 0.6) is 11.5 Å². The van der Waals surface area contributed by atoms with E-state index in [9.17, 15) is 14.4 Å². The van der Waals surface area contributed by atoms with E-state index < -0.39 is 5.91 Å². The van der Waals surface area contributed by atoms with Crippen LogP contribution in [0.4, 0.5) is 0 Å². The number of hydrogen-bond donors (Lipinski definition) is 2. The van der Waals surface area contributed by atoms with E-state index in [1.165, 1.54) is 11.8 Å². The van der Waals surface area contributed by atoms with Crippen LogP contribution in [0.25, 0.3) is 6.08 Å². The van der Waals surface area contributed by atoms with Gasteiger partial charge in [-0.05, 0) is 48.7 Å². The first-order valence-electron chi connectivity index (χ1n) is 11.1. The summed E-state index contributed by atoms with van der Waals surface area (Å²) in [5.74, 6) is 0.260. The van der Waals surface area contributed by atoms with Gasteiger partial charge in [-0.25, -0.2) is 0 Å². The first-order valence-corrected chi connectivity index (χ1v) is 12.8. The number of nitrogens with zero attached hydrogens (tertiary/aromatic N) is 1. The third-order valence-electron chi connectivity index (χ3n) is 5.30. The molecule has 8 nitrogen and oxygen atoms in total. The van der Waals surface area contributed by atoms with Crippen molar-refractivity contribution in [1.29, 1.82) is 0 Å². The van der Waals surface area contributed by atoms with Gasteiger partial charge in [0.05, 0.1) is 29.7 Å². The number of carbonyl (C=O) groups excluding carboxylic acids is 3. The minimum absolute atomic E-state index is 0.139. The Labute approximate surface area is 224 Å².